The van der Waals surface area contributed by atoms with E-state index in [2.05, 4.69) is 5.10 Å². The molecule has 3 heteroatoms. The molecule has 0 aromatic carbocycles. The molecule has 3 nitrogen and oxygen atoms in total. The highest BCUT2D eigenvalue weighted by molar-refractivity contribution is 5.01. The third kappa shape index (κ3) is 1.43. The van der Waals surface area contributed by atoms with E-state index in [1.165, 1.54) is 0 Å². The number of nitrogens with zero attached hydrogens (tertiary/aromatic N) is 2. The van der Waals surface area contributed by atoms with E-state index in [0.29, 0.717) is 6.54 Å². The zero-order chi connectivity index (χ0) is 7.90. The SMILES string of the molecule is Cc1cnn(CC2(O)CC2)c1. The van der Waals surface area contributed by atoms with Crippen molar-refractivity contribution in [2.24, 2.45) is 0 Å². The number of rotatable bonds is 2. The summed E-state index contributed by atoms with van der Waals surface area (Å²) in [5, 5.41) is 13.6. The van der Waals surface area contributed by atoms with Gasteiger partial charge in [0, 0.05) is 6.20 Å². The Balaban J connectivity index is 2.06. The molecular formula is C8H12N2O. The van der Waals surface area contributed by atoms with Crippen molar-refractivity contribution >= 4 is 0 Å². The fourth-order valence-electron chi connectivity index (χ4n) is 1.16. The summed E-state index contributed by atoms with van der Waals surface area (Å²) in [6, 6.07) is 0. The smallest absolute Gasteiger partial charge is 0.0844 e. The maximum absolute atomic E-state index is 9.53. The average molecular weight is 152 g/mol. The van der Waals surface area contributed by atoms with Crippen molar-refractivity contribution in [2.45, 2.75) is 31.9 Å². The number of aryl methyl sites for hydroxylation is 1. The van der Waals surface area contributed by atoms with Crippen LogP contribution in [0.5, 0.6) is 0 Å². The average Bonchev–Trinajstić information content (AvgIpc) is 2.49. The van der Waals surface area contributed by atoms with E-state index in [4.69, 9.17) is 0 Å². The third-order valence-electron chi connectivity index (χ3n) is 2.05. The summed E-state index contributed by atoms with van der Waals surface area (Å²) >= 11 is 0. The second-order valence-corrected chi connectivity index (χ2v) is 3.44. The number of aromatic nitrogens is 2. The van der Waals surface area contributed by atoms with E-state index in [1.807, 2.05) is 24.0 Å². The summed E-state index contributed by atoms with van der Waals surface area (Å²) in [4.78, 5) is 0. The zero-order valence-corrected chi connectivity index (χ0v) is 6.62. The van der Waals surface area contributed by atoms with E-state index in [-0.39, 0.29) is 0 Å². The Hall–Kier alpha value is -0.830. The van der Waals surface area contributed by atoms with Crippen molar-refractivity contribution in [3.63, 3.8) is 0 Å². The van der Waals surface area contributed by atoms with Gasteiger partial charge in [-0.3, -0.25) is 4.68 Å². The first-order valence-electron chi connectivity index (χ1n) is 3.89. The van der Waals surface area contributed by atoms with Crippen LogP contribution < -0.4 is 0 Å². The van der Waals surface area contributed by atoms with Crippen LogP contribution in [0.25, 0.3) is 0 Å². The van der Waals surface area contributed by atoms with Crippen LogP contribution in [0.3, 0.4) is 0 Å². The molecule has 0 atom stereocenters. The predicted molar refractivity (Wildman–Crippen MR) is 41.1 cm³/mol. The minimum atomic E-state index is -0.432. The first kappa shape index (κ1) is 6.85. The predicted octanol–water partition coefficient (Wildman–Crippen LogP) is 0.716. The van der Waals surface area contributed by atoms with Crippen LogP contribution in [0.4, 0.5) is 0 Å². The summed E-state index contributed by atoms with van der Waals surface area (Å²) in [5.41, 5.74) is 0.715. The Morgan fingerprint density at radius 3 is 2.91 bits per heavy atom. The lowest BCUT2D eigenvalue weighted by Crippen LogP contribution is -2.16. The Bertz CT molecular complexity index is 263. The largest absolute Gasteiger partial charge is 0.388 e. The molecule has 1 aromatic rings. The van der Waals surface area contributed by atoms with Crippen LogP contribution in [-0.2, 0) is 6.54 Å². The molecule has 0 amide bonds. The minimum absolute atomic E-state index is 0.432. The molecule has 60 valence electrons. The van der Waals surface area contributed by atoms with Gasteiger partial charge in [-0.25, -0.2) is 0 Å². The van der Waals surface area contributed by atoms with Crippen LogP contribution in [0.15, 0.2) is 12.4 Å². The molecule has 0 bridgehead atoms. The molecule has 1 aliphatic rings. The van der Waals surface area contributed by atoms with Gasteiger partial charge in [0.1, 0.15) is 0 Å². The van der Waals surface area contributed by atoms with E-state index in [0.717, 1.165) is 18.4 Å². The molecule has 0 radical (unpaired) electrons. The van der Waals surface area contributed by atoms with Gasteiger partial charge in [0.25, 0.3) is 0 Å². The summed E-state index contributed by atoms with van der Waals surface area (Å²) in [7, 11) is 0. The van der Waals surface area contributed by atoms with Gasteiger partial charge in [-0.15, -0.1) is 0 Å². The molecule has 11 heavy (non-hydrogen) atoms. The monoisotopic (exact) mass is 152 g/mol. The fraction of sp³-hybridized carbons (Fsp3) is 0.625. The topological polar surface area (TPSA) is 38.0 Å². The third-order valence-corrected chi connectivity index (χ3v) is 2.05. The molecule has 0 saturated heterocycles. The quantitative estimate of drug-likeness (QED) is 0.678. The van der Waals surface area contributed by atoms with Gasteiger partial charge in [0.15, 0.2) is 0 Å². The van der Waals surface area contributed by atoms with Gasteiger partial charge in [0.2, 0.25) is 0 Å². The Kier molecular flexibility index (Phi) is 1.29. The van der Waals surface area contributed by atoms with Crippen molar-refractivity contribution in [3.05, 3.63) is 18.0 Å². The van der Waals surface area contributed by atoms with Crippen LogP contribution in [0.1, 0.15) is 18.4 Å². The first-order valence-corrected chi connectivity index (χ1v) is 3.89. The highest BCUT2D eigenvalue weighted by Crippen LogP contribution is 2.36. The second-order valence-electron chi connectivity index (χ2n) is 3.44. The normalized spacial score (nSPS) is 20.2. The summed E-state index contributed by atoms with van der Waals surface area (Å²) < 4.78 is 1.81. The molecule has 1 fully saturated rings. The molecule has 0 unspecified atom stereocenters. The Labute approximate surface area is 65.7 Å². The number of hydrogen-bond donors (Lipinski definition) is 1. The van der Waals surface area contributed by atoms with Gasteiger partial charge < -0.3 is 5.11 Å². The molecule has 1 aromatic heterocycles. The molecule has 1 aliphatic carbocycles. The van der Waals surface area contributed by atoms with Gasteiger partial charge >= 0.3 is 0 Å². The lowest BCUT2D eigenvalue weighted by atomic mass is 10.3. The maximum atomic E-state index is 9.53. The van der Waals surface area contributed by atoms with Crippen LogP contribution >= 0.6 is 0 Å². The molecular weight excluding hydrogens is 140 g/mol. The van der Waals surface area contributed by atoms with Crippen molar-refractivity contribution in [3.8, 4) is 0 Å². The van der Waals surface area contributed by atoms with Crippen molar-refractivity contribution in [1.29, 1.82) is 0 Å². The van der Waals surface area contributed by atoms with Gasteiger partial charge in [-0.1, -0.05) is 0 Å². The van der Waals surface area contributed by atoms with E-state index < -0.39 is 5.60 Å². The summed E-state index contributed by atoms with van der Waals surface area (Å²) in [6.07, 6.45) is 5.61. The number of hydrogen-bond acceptors (Lipinski definition) is 2. The molecule has 2 rings (SSSR count). The van der Waals surface area contributed by atoms with Crippen molar-refractivity contribution < 1.29 is 5.11 Å². The lowest BCUT2D eigenvalue weighted by molar-refractivity contribution is 0.125. The Morgan fingerprint density at radius 1 is 1.73 bits per heavy atom. The lowest BCUT2D eigenvalue weighted by Gasteiger charge is -2.05. The molecule has 0 aliphatic heterocycles. The van der Waals surface area contributed by atoms with E-state index in [9.17, 15) is 5.11 Å². The molecule has 0 spiro atoms. The van der Waals surface area contributed by atoms with Crippen LogP contribution in [0, 0.1) is 6.92 Å². The van der Waals surface area contributed by atoms with Crippen molar-refractivity contribution in [1.82, 2.24) is 9.78 Å². The highest BCUT2D eigenvalue weighted by Gasteiger charge is 2.40. The van der Waals surface area contributed by atoms with Gasteiger partial charge in [0.05, 0.1) is 18.3 Å². The summed E-state index contributed by atoms with van der Waals surface area (Å²) in [5.74, 6) is 0. The summed E-state index contributed by atoms with van der Waals surface area (Å²) in [6.45, 7) is 2.65. The highest BCUT2D eigenvalue weighted by atomic mass is 16.3. The van der Waals surface area contributed by atoms with Gasteiger partial charge in [-0.05, 0) is 25.3 Å². The minimum Gasteiger partial charge on any atom is -0.388 e. The standard InChI is InChI=1S/C8H12N2O/c1-7-4-9-10(5-7)6-8(11)2-3-8/h4-5,11H,2-3,6H2,1H3. The second kappa shape index (κ2) is 2.08. The fourth-order valence-corrected chi connectivity index (χ4v) is 1.16. The number of aliphatic hydroxyl groups is 1. The molecule has 1 N–H and O–H groups in total. The first-order chi connectivity index (χ1) is 5.18. The van der Waals surface area contributed by atoms with Crippen LogP contribution in [0.2, 0.25) is 0 Å². The zero-order valence-electron chi connectivity index (χ0n) is 6.62. The van der Waals surface area contributed by atoms with Gasteiger partial charge in [-0.2, -0.15) is 5.10 Å². The van der Waals surface area contributed by atoms with E-state index >= 15 is 0 Å². The molecule has 1 heterocycles. The van der Waals surface area contributed by atoms with E-state index in [1.54, 1.807) is 0 Å². The van der Waals surface area contributed by atoms with Crippen LogP contribution in [-0.4, -0.2) is 20.5 Å². The van der Waals surface area contributed by atoms with Crippen molar-refractivity contribution in [2.75, 3.05) is 0 Å². The Morgan fingerprint density at radius 2 is 2.45 bits per heavy atom. The molecule has 1 saturated carbocycles. The maximum Gasteiger partial charge on any atom is 0.0844 e.